The van der Waals surface area contributed by atoms with Crippen molar-refractivity contribution in [1.29, 1.82) is 0 Å². The fourth-order valence-corrected chi connectivity index (χ4v) is 7.57. The molecule has 1 aromatic rings. The second-order valence-corrected chi connectivity index (χ2v) is 12.2. The Bertz CT molecular complexity index is 925. The van der Waals surface area contributed by atoms with Crippen molar-refractivity contribution >= 4 is 6.08 Å². The third-order valence-electron chi connectivity index (χ3n) is 9.73. The van der Waals surface area contributed by atoms with Gasteiger partial charge in [-0.15, -0.1) is 0 Å². The smallest absolute Gasteiger partial charge is 0.409 e. The Morgan fingerprint density at radius 3 is 1.59 bits per heavy atom. The van der Waals surface area contributed by atoms with Crippen molar-refractivity contribution in [3.05, 3.63) is 35.4 Å². The van der Waals surface area contributed by atoms with Crippen molar-refractivity contribution in [2.75, 3.05) is 0 Å². The lowest BCUT2D eigenvalue weighted by Gasteiger charge is -2.42. The van der Waals surface area contributed by atoms with Gasteiger partial charge in [-0.3, -0.25) is 0 Å². The second-order valence-electron chi connectivity index (χ2n) is 12.2. The average Bonchev–Trinajstić information content (AvgIpc) is 2.88. The topological polar surface area (TPSA) is 9.23 Å². The summed E-state index contributed by atoms with van der Waals surface area (Å²) in [6.45, 7) is 2.27. The molecule has 3 aliphatic carbocycles. The summed E-state index contributed by atoms with van der Waals surface area (Å²) >= 11 is 0. The molecule has 0 N–H and O–H groups in total. The van der Waals surface area contributed by atoms with Crippen LogP contribution in [0.5, 0.6) is 5.75 Å². The Balaban J connectivity index is 1.24. The van der Waals surface area contributed by atoms with E-state index in [1.807, 2.05) is 0 Å². The summed E-state index contributed by atoms with van der Waals surface area (Å²) < 4.78 is 99.9. The Morgan fingerprint density at radius 1 is 0.718 bits per heavy atom. The van der Waals surface area contributed by atoms with Crippen LogP contribution < -0.4 is 4.74 Å². The Labute approximate surface area is 227 Å². The number of hydrogen-bond acceptors (Lipinski definition) is 1. The first-order valence-electron chi connectivity index (χ1n) is 14.8. The molecule has 0 bridgehead atoms. The van der Waals surface area contributed by atoms with Crippen molar-refractivity contribution in [2.45, 2.75) is 109 Å². The monoisotopic (exact) mass is 562 g/mol. The van der Waals surface area contributed by atoms with Gasteiger partial charge in [-0.25, -0.2) is 8.78 Å². The van der Waals surface area contributed by atoms with Gasteiger partial charge in [-0.05, 0) is 99.9 Å². The van der Waals surface area contributed by atoms with E-state index in [-0.39, 0.29) is 25.0 Å². The van der Waals surface area contributed by atoms with Crippen LogP contribution >= 0.6 is 0 Å². The van der Waals surface area contributed by atoms with Crippen LogP contribution in [0.15, 0.2) is 18.2 Å². The van der Waals surface area contributed by atoms with Gasteiger partial charge >= 0.3 is 12.3 Å². The zero-order valence-corrected chi connectivity index (χ0v) is 22.7. The molecule has 4 rings (SSSR count). The van der Waals surface area contributed by atoms with Crippen molar-refractivity contribution in [2.24, 2.45) is 35.5 Å². The molecule has 0 heterocycles. The molecule has 39 heavy (non-hydrogen) atoms. The zero-order chi connectivity index (χ0) is 28.2. The van der Waals surface area contributed by atoms with E-state index in [1.165, 1.54) is 64.2 Å². The predicted octanol–water partition coefficient (Wildman–Crippen LogP) is 10.7. The number of alkyl halides is 5. The number of ether oxygens (including phenoxy) is 1. The van der Waals surface area contributed by atoms with E-state index in [2.05, 4.69) is 6.92 Å². The predicted molar refractivity (Wildman–Crippen MR) is 138 cm³/mol. The molecule has 3 aliphatic rings. The van der Waals surface area contributed by atoms with E-state index in [4.69, 9.17) is 4.74 Å². The Hall–Kier alpha value is -1.73. The third kappa shape index (κ3) is 8.16. The van der Waals surface area contributed by atoms with Crippen LogP contribution in [0.25, 0.3) is 6.08 Å². The van der Waals surface area contributed by atoms with E-state index in [1.54, 1.807) is 0 Å². The van der Waals surface area contributed by atoms with Gasteiger partial charge in [0.05, 0.1) is 5.92 Å². The third-order valence-corrected chi connectivity index (χ3v) is 9.73. The quantitative estimate of drug-likeness (QED) is 0.286. The van der Waals surface area contributed by atoms with Crippen LogP contribution in [-0.4, -0.2) is 12.3 Å². The minimum absolute atomic E-state index is 0.235. The first-order chi connectivity index (χ1) is 18.4. The van der Waals surface area contributed by atoms with Crippen LogP contribution in [0.3, 0.4) is 0 Å². The average molecular weight is 563 g/mol. The summed E-state index contributed by atoms with van der Waals surface area (Å²) in [4.78, 5) is 0. The highest BCUT2D eigenvalue weighted by Crippen LogP contribution is 2.48. The highest BCUT2D eigenvalue weighted by atomic mass is 19.4. The lowest BCUT2D eigenvalue weighted by atomic mass is 9.65. The van der Waals surface area contributed by atoms with Crippen molar-refractivity contribution < 1.29 is 35.5 Å². The van der Waals surface area contributed by atoms with E-state index < -0.39 is 41.2 Å². The fourth-order valence-electron chi connectivity index (χ4n) is 7.57. The molecule has 3 fully saturated rings. The van der Waals surface area contributed by atoms with Crippen molar-refractivity contribution in [1.82, 2.24) is 0 Å². The zero-order valence-electron chi connectivity index (χ0n) is 22.7. The minimum atomic E-state index is -4.76. The molecule has 0 radical (unpaired) electrons. The Morgan fingerprint density at radius 2 is 1.15 bits per heavy atom. The van der Waals surface area contributed by atoms with Crippen LogP contribution in [0.4, 0.5) is 30.7 Å². The van der Waals surface area contributed by atoms with Crippen LogP contribution in [-0.2, 0) is 0 Å². The molecule has 0 aromatic heterocycles. The lowest BCUT2D eigenvalue weighted by Crippen LogP contribution is -2.38. The summed E-state index contributed by atoms with van der Waals surface area (Å²) in [6.07, 6.45) is 6.41. The largest absolute Gasteiger partial charge is 0.432 e. The molecule has 8 heteroatoms. The van der Waals surface area contributed by atoms with Gasteiger partial charge in [0, 0.05) is 23.8 Å². The highest BCUT2D eigenvalue weighted by Gasteiger charge is 2.45. The van der Waals surface area contributed by atoms with Crippen molar-refractivity contribution in [3.8, 4) is 5.75 Å². The summed E-state index contributed by atoms with van der Waals surface area (Å²) in [6, 6.07) is 1.01. The number of rotatable bonds is 8. The van der Waals surface area contributed by atoms with Gasteiger partial charge in [0.25, 0.3) is 0 Å². The molecular weight excluding hydrogens is 521 g/mol. The Kier molecular flexibility index (Phi) is 9.96. The molecule has 0 aliphatic heterocycles. The van der Waals surface area contributed by atoms with Gasteiger partial charge in [-0.2, -0.15) is 22.0 Å². The molecule has 0 unspecified atom stereocenters. The second kappa shape index (κ2) is 12.8. The van der Waals surface area contributed by atoms with E-state index in [0.29, 0.717) is 36.8 Å². The first kappa shape index (κ1) is 30.2. The van der Waals surface area contributed by atoms with E-state index in [0.717, 1.165) is 17.8 Å². The molecular formula is C31H41F7O. The van der Waals surface area contributed by atoms with Crippen LogP contribution in [0.1, 0.15) is 102 Å². The highest BCUT2D eigenvalue weighted by molar-refractivity contribution is 5.53. The van der Waals surface area contributed by atoms with Gasteiger partial charge in [0.1, 0.15) is 17.4 Å². The number of benzene rings is 1. The molecule has 1 nitrogen and oxygen atoms in total. The number of halogens is 7. The molecule has 0 atom stereocenters. The van der Waals surface area contributed by atoms with E-state index >= 15 is 0 Å². The maximum atomic E-state index is 14.9. The molecule has 0 saturated heterocycles. The molecule has 0 spiro atoms. The summed E-state index contributed by atoms with van der Waals surface area (Å²) in [5.74, 6) is -1.00. The van der Waals surface area contributed by atoms with Gasteiger partial charge in [-0.1, -0.05) is 32.6 Å². The molecule has 0 amide bonds. The van der Waals surface area contributed by atoms with Gasteiger partial charge < -0.3 is 4.74 Å². The standard InChI is InChI=1S/C31H41F7O/c1-2-3-20-4-6-21(7-5-20)22-8-10-23(11-9-22)24-12-14-25(15-13-24)31(37,38)39-26-18-28(32)27(29(33)19-26)16-17-30(34,35)36/h16-25H,2-15H2,1H3/b17-16+. The molecule has 3 saturated carbocycles. The first-order valence-corrected chi connectivity index (χ1v) is 14.8. The number of hydrogen-bond donors (Lipinski definition) is 0. The minimum Gasteiger partial charge on any atom is -0.432 e. The normalized spacial score (nSPS) is 31.0. The maximum Gasteiger partial charge on any atom is 0.409 e. The van der Waals surface area contributed by atoms with Gasteiger partial charge in [0.15, 0.2) is 0 Å². The summed E-state index contributed by atoms with van der Waals surface area (Å²) in [5, 5.41) is 0. The molecule has 1 aromatic carbocycles. The fraction of sp³-hybridized carbons (Fsp3) is 0.742. The number of allylic oxidation sites excluding steroid dienone is 1. The van der Waals surface area contributed by atoms with Crippen molar-refractivity contribution in [3.63, 3.8) is 0 Å². The maximum absolute atomic E-state index is 14.9. The van der Waals surface area contributed by atoms with Crippen LogP contribution in [0.2, 0.25) is 0 Å². The molecule has 220 valence electrons. The SMILES string of the molecule is CCCC1CCC(C2CCC(C3CCC(C(F)(F)Oc4cc(F)c(/C=C/C(F)(F)F)c(F)c4)CC3)CC2)CC1. The van der Waals surface area contributed by atoms with Gasteiger partial charge in [0.2, 0.25) is 0 Å². The summed E-state index contributed by atoms with van der Waals surface area (Å²) in [7, 11) is 0. The van der Waals surface area contributed by atoms with Crippen LogP contribution in [0, 0.1) is 47.1 Å². The summed E-state index contributed by atoms with van der Waals surface area (Å²) in [5.41, 5.74) is -0.956. The van der Waals surface area contributed by atoms with E-state index in [9.17, 15) is 30.7 Å². The lowest BCUT2D eigenvalue weighted by molar-refractivity contribution is -0.224.